The molecule has 0 aliphatic rings. The van der Waals surface area contributed by atoms with Gasteiger partial charge in [0.25, 0.3) is 10.0 Å². The molecule has 0 atom stereocenters. The van der Waals surface area contributed by atoms with Gasteiger partial charge in [-0.1, -0.05) is 61.3 Å². The summed E-state index contributed by atoms with van der Waals surface area (Å²) in [6, 6.07) is 13.8. The van der Waals surface area contributed by atoms with Crippen LogP contribution in [0.25, 0.3) is 11.3 Å². The molecule has 2 aromatic carbocycles. The van der Waals surface area contributed by atoms with Gasteiger partial charge in [-0.2, -0.15) is 0 Å². The van der Waals surface area contributed by atoms with E-state index in [0.29, 0.717) is 11.6 Å². The van der Waals surface area contributed by atoms with Crippen LogP contribution in [0, 0.1) is 0 Å². The van der Waals surface area contributed by atoms with Gasteiger partial charge in [0, 0.05) is 11.8 Å². The number of nitrogens with one attached hydrogen (secondary N) is 1. The van der Waals surface area contributed by atoms with Crippen molar-refractivity contribution < 1.29 is 8.42 Å². The second-order valence-electron chi connectivity index (χ2n) is 6.22. The zero-order valence-corrected chi connectivity index (χ0v) is 17.0. The number of sulfonamides is 1. The van der Waals surface area contributed by atoms with E-state index >= 15 is 0 Å². The fourth-order valence-electron chi connectivity index (χ4n) is 2.43. The lowest BCUT2D eigenvalue weighted by atomic mass is 10.0. The van der Waals surface area contributed by atoms with Crippen LogP contribution in [-0.4, -0.2) is 18.4 Å². The number of aromatic nitrogens is 2. The van der Waals surface area contributed by atoms with Gasteiger partial charge in [0.15, 0.2) is 0 Å². The van der Waals surface area contributed by atoms with Gasteiger partial charge in [-0.15, -0.1) is 0 Å². The second-order valence-corrected chi connectivity index (χ2v) is 8.72. The summed E-state index contributed by atoms with van der Waals surface area (Å²) in [5.74, 6) is 0.407. The molecule has 0 aliphatic carbocycles. The zero-order chi connectivity index (χ0) is 19.6. The van der Waals surface area contributed by atoms with Gasteiger partial charge in [-0.3, -0.25) is 0 Å². The molecule has 1 heterocycles. The Kier molecular flexibility index (Phi) is 5.69. The van der Waals surface area contributed by atoms with Gasteiger partial charge < -0.3 is 0 Å². The number of anilines is 1. The van der Waals surface area contributed by atoms with Crippen LogP contribution in [0.5, 0.6) is 0 Å². The number of benzene rings is 2. The summed E-state index contributed by atoms with van der Waals surface area (Å²) in [7, 11) is -3.89. The summed E-state index contributed by atoms with van der Waals surface area (Å²) in [6.07, 6.45) is 1.51. The maximum Gasteiger partial charge on any atom is 0.264 e. The van der Waals surface area contributed by atoms with E-state index in [1.165, 1.54) is 30.0 Å². The molecule has 0 spiro atoms. The lowest BCUT2D eigenvalue weighted by molar-refractivity contribution is 0.601. The van der Waals surface area contributed by atoms with E-state index in [4.69, 9.17) is 23.2 Å². The highest BCUT2D eigenvalue weighted by atomic mass is 35.5. The van der Waals surface area contributed by atoms with Crippen molar-refractivity contribution >= 4 is 39.2 Å². The predicted molar refractivity (Wildman–Crippen MR) is 109 cm³/mol. The van der Waals surface area contributed by atoms with E-state index in [9.17, 15) is 8.42 Å². The summed E-state index contributed by atoms with van der Waals surface area (Å²) < 4.78 is 27.4. The molecule has 1 aromatic heterocycles. The van der Waals surface area contributed by atoms with Crippen LogP contribution in [0.1, 0.15) is 25.3 Å². The summed E-state index contributed by atoms with van der Waals surface area (Å²) in [5.41, 5.74) is 2.71. The Hall–Kier alpha value is -2.15. The predicted octanol–water partition coefficient (Wildman–Crippen LogP) is 5.37. The molecule has 3 rings (SSSR count). The Morgan fingerprint density at radius 3 is 2.30 bits per heavy atom. The van der Waals surface area contributed by atoms with Crippen molar-refractivity contribution in [2.45, 2.75) is 24.7 Å². The smallest absolute Gasteiger partial charge is 0.247 e. The Morgan fingerprint density at radius 2 is 1.67 bits per heavy atom. The molecular weight excluding hydrogens is 405 g/mol. The quantitative estimate of drug-likeness (QED) is 0.600. The van der Waals surface area contributed by atoms with Crippen LogP contribution >= 0.6 is 23.2 Å². The highest BCUT2D eigenvalue weighted by Crippen LogP contribution is 2.26. The van der Waals surface area contributed by atoms with Crippen molar-refractivity contribution in [3.8, 4) is 11.3 Å². The minimum atomic E-state index is -3.89. The van der Waals surface area contributed by atoms with Crippen LogP contribution in [0.3, 0.4) is 0 Å². The van der Waals surface area contributed by atoms with E-state index in [2.05, 4.69) is 28.5 Å². The van der Waals surface area contributed by atoms with Crippen molar-refractivity contribution in [1.82, 2.24) is 9.97 Å². The van der Waals surface area contributed by atoms with E-state index < -0.39 is 10.0 Å². The third-order valence-corrected chi connectivity index (χ3v) is 6.02. The molecule has 0 radical (unpaired) electrons. The molecule has 0 bridgehead atoms. The Morgan fingerprint density at radius 1 is 0.963 bits per heavy atom. The summed E-state index contributed by atoms with van der Waals surface area (Å²) in [5, 5.41) is 0.429. The van der Waals surface area contributed by atoms with E-state index in [1.54, 1.807) is 6.07 Å². The fraction of sp³-hybridized carbons (Fsp3) is 0.158. The highest BCUT2D eigenvalue weighted by molar-refractivity contribution is 7.92. The first kappa shape index (κ1) is 19.6. The first-order valence-corrected chi connectivity index (χ1v) is 10.4. The number of hydrogen-bond acceptors (Lipinski definition) is 4. The lowest BCUT2D eigenvalue weighted by Crippen LogP contribution is -2.15. The minimum absolute atomic E-state index is 0.0211. The van der Waals surface area contributed by atoms with Crippen molar-refractivity contribution in [2.75, 3.05) is 4.72 Å². The van der Waals surface area contributed by atoms with Gasteiger partial charge in [0.05, 0.1) is 20.6 Å². The number of halogens is 2. The van der Waals surface area contributed by atoms with Crippen molar-refractivity contribution in [3.63, 3.8) is 0 Å². The summed E-state index contributed by atoms with van der Waals surface area (Å²) in [6.45, 7) is 4.24. The molecule has 0 unspecified atom stereocenters. The van der Waals surface area contributed by atoms with Gasteiger partial charge in [0.1, 0.15) is 0 Å². The summed E-state index contributed by atoms with van der Waals surface area (Å²) >= 11 is 11.7. The van der Waals surface area contributed by atoms with E-state index in [-0.39, 0.29) is 20.9 Å². The van der Waals surface area contributed by atoms with E-state index in [1.807, 2.05) is 24.3 Å². The minimum Gasteiger partial charge on any atom is -0.247 e. The van der Waals surface area contributed by atoms with Crippen molar-refractivity contribution in [1.29, 1.82) is 0 Å². The van der Waals surface area contributed by atoms with Crippen molar-refractivity contribution in [3.05, 3.63) is 70.3 Å². The molecule has 5 nitrogen and oxygen atoms in total. The SMILES string of the molecule is CC(C)c1ccc(-c2ccnc(NS(=O)(=O)c3ccc(Cl)c(Cl)c3)n2)cc1. The largest absolute Gasteiger partial charge is 0.264 e. The Bertz CT molecular complexity index is 1070. The van der Waals surface area contributed by atoms with Gasteiger partial charge in [-0.05, 0) is 35.7 Å². The Balaban J connectivity index is 1.88. The molecule has 0 amide bonds. The second kappa shape index (κ2) is 7.84. The van der Waals surface area contributed by atoms with E-state index in [0.717, 1.165) is 5.56 Å². The molecule has 3 aromatic rings. The first-order chi connectivity index (χ1) is 12.8. The molecule has 0 aliphatic heterocycles. The average Bonchev–Trinajstić information content (AvgIpc) is 2.64. The Labute approximate surface area is 168 Å². The molecule has 140 valence electrons. The van der Waals surface area contributed by atoms with Crippen LogP contribution in [0.2, 0.25) is 10.0 Å². The maximum absolute atomic E-state index is 12.5. The van der Waals surface area contributed by atoms with Crippen LogP contribution in [-0.2, 0) is 10.0 Å². The van der Waals surface area contributed by atoms with Crippen LogP contribution in [0.15, 0.2) is 59.6 Å². The standard InChI is InChI=1S/C19H17Cl2N3O2S/c1-12(2)13-3-5-14(6-4-13)18-9-10-22-19(23-18)24-27(25,26)15-7-8-16(20)17(21)11-15/h3-12H,1-2H3,(H,22,23,24). The van der Waals surface area contributed by atoms with Crippen molar-refractivity contribution in [2.24, 2.45) is 0 Å². The average molecular weight is 422 g/mol. The number of hydrogen-bond donors (Lipinski definition) is 1. The molecule has 1 N–H and O–H groups in total. The third kappa shape index (κ3) is 4.58. The topological polar surface area (TPSA) is 72.0 Å². The molecular formula is C19H17Cl2N3O2S. The molecule has 27 heavy (non-hydrogen) atoms. The normalized spacial score (nSPS) is 11.6. The molecule has 0 fully saturated rings. The molecule has 0 saturated carbocycles. The third-order valence-electron chi connectivity index (χ3n) is 3.96. The van der Waals surface area contributed by atoms with Crippen LogP contribution in [0.4, 0.5) is 5.95 Å². The number of rotatable bonds is 5. The van der Waals surface area contributed by atoms with Gasteiger partial charge >= 0.3 is 0 Å². The van der Waals surface area contributed by atoms with Gasteiger partial charge in [0.2, 0.25) is 5.95 Å². The maximum atomic E-state index is 12.5. The highest BCUT2D eigenvalue weighted by Gasteiger charge is 2.17. The first-order valence-electron chi connectivity index (χ1n) is 8.17. The fourth-order valence-corrected chi connectivity index (χ4v) is 3.77. The molecule has 0 saturated heterocycles. The lowest BCUT2D eigenvalue weighted by Gasteiger charge is -2.09. The van der Waals surface area contributed by atoms with Gasteiger partial charge in [-0.25, -0.2) is 23.1 Å². The number of nitrogens with zero attached hydrogens (tertiary/aromatic N) is 2. The monoisotopic (exact) mass is 421 g/mol. The summed E-state index contributed by atoms with van der Waals surface area (Å²) in [4.78, 5) is 8.29. The van der Waals surface area contributed by atoms with Crippen LogP contribution < -0.4 is 4.72 Å². The zero-order valence-electron chi connectivity index (χ0n) is 14.6. The molecule has 8 heteroatoms.